The van der Waals surface area contributed by atoms with Gasteiger partial charge in [-0.3, -0.25) is 0 Å². The highest BCUT2D eigenvalue weighted by Crippen LogP contribution is 2.31. The van der Waals surface area contributed by atoms with Crippen LogP contribution in [0.1, 0.15) is 39.5 Å². The van der Waals surface area contributed by atoms with Crippen LogP contribution in [0.25, 0.3) is 0 Å². The number of rotatable bonds is 4. The van der Waals surface area contributed by atoms with E-state index >= 15 is 0 Å². The second kappa shape index (κ2) is 7.60. The van der Waals surface area contributed by atoms with Gasteiger partial charge in [0.2, 0.25) is 0 Å². The van der Waals surface area contributed by atoms with E-state index < -0.39 is 0 Å². The van der Waals surface area contributed by atoms with Gasteiger partial charge in [0, 0.05) is 5.75 Å². The molecule has 0 aromatic heterocycles. The molecule has 0 nitrogen and oxygen atoms in total. The lowest BCUT2D eigenvalue weighted by Gasteiger charge is -2.11. The minimum Gasteiger partial charge on any atom is -0.175 e. The Labute approximate surface area is 112 Å². The lowest BCUT2D eigenvalue weighted by molar-refractivity contribution is 0.508. The molecule has 0 radical (unpaired) electrons. The Balaban J connectivity index is 2.89. The predicted molar refractivity (Wildman–Crippen MR) is 81.6 cm³/mol. The van der Waals surface area contributed by atoms with Crippen molar-refractivity contribution in [3.63, 3.8) is 0 Å². The molecule has 0 heterocycles. The molecule has 1 rings (SSSR count). The van der Waals surface area contributed by atoms with Gasteiger partial charge >= 0.3 is 0 Å². The van der Waals surface area contributed by atoms with Gasteiger partial charge in [-0.2, -0.15) is 12.6 Å². The van der Waals surface area contributed by atoms with E-state index in [9.17, 15) is 0 Å². The van der Waals surface area contributed by atoms with E-state index in [1.807, 2.05) is 12.2 Å². The zero-order chi connectivity index (χ0) is 12.7. The zero-order valence-electron chi connectivity index (χ0n) is 11.1. The molecule has 0 saturated carbocycles. The first-order valence-corrected chi connectivity index (χ1v) is 7.10. The van der Waals surface area contributed by atoms with Crippen LogP contribution < -0.4 is 0 Å². The van der Waals surface area contributed by atoms with Crippen molar-refractivity contribution >= 4 is 12.6 Å². The molecule has 1 heteroatoms. The molecule has 1 unspecified atom stereocenters. The average molecular weight is 248 g/mol. The Kier molecular flexibility index (Phi) is 6.43. The summed E-state index contributed by atoms with van der Waals surface area (Å²) in [5.74, 6) is 1.75. The smallest absolute Gasteiger partial charge is 0.0118 e. The van der Waals surface area contributed by atoms with E-state index in [2.05, 4.69) is 45.2 Å². The number of hydrogen-bond acceptors (Lipinski definition) is 1. The average Bonchev–Trinajstić information content (AvgIpc) is 2.51. The molecule has 17 heavy (non-hydrogen) atoms. The largest absolute Gasteiger partial charge is 0.175 e. The number of hydrogen-bond donors (Lipinski definition) is 1. The molecule has 1 atom stereocenters. The number of allylic oxidation sites excluding steroid dienone is 6. The fourth-order valence-electron chi connectivity index (χ4n) is 2.31. The van der Waals surface area contributed by atoms with Crippen LogP contribution in [-0.2, 0) is 0 Å². The standard InChI is InChI=1S/C16H24S/c1-4-5-6-7-14(3)16-11-9-13(2)8-10-15(16)12-17/h4-7,13,17H,1,8-12H2,2-3H3/b6-5-,14-7+. The molecule has 0 bridgehead atoms. The van der Waals surface area contributed by atoms with Gasteiger partial charge < -0.3 is 0 Å². The van der Waals surface area contributed by atoms with E-state index in [0.29, 0.717) is 0 Å². The second-order valence-electron chi connectivity index (χ2n) is 4.89. The highest BCUT2D eigenvalue weighted by Gasteiger charge is 2.15. The van der Waals surface area contributed by atoms with Crippen LogP contribution in [-0.4, -0.2) is 5.75 Å². The predicted octanol–water partition coefficient (Wildman–Crippen LogP) is 5.11. The van der Waals surface area contributed by atoms with Crippen LogP contribution >= 0.6 is 12.6 Å². The first-order chi connectivity index (χ1) is 8.19. The second-order valence-corrected chi connectivity index (χ2v) is 5.21. The fourth-order valence-corrected chi connectivity index (χ4v) is 2.66. The summed E-state index contributed by atoms with van der Waals surface area (Å²) < 4.78 is 0. The van der Waals surface area contributed by atoms with E-state index in [4.69, 9.17) is 0 Å². The molecule has 0 aliphatic heterocycles. The summed E-state index contributed by atoms with van der Waals surface area (Å²) in [5.41, 5.74) is 4.47. The van der Waals surface area contributed by atoms with Crippen molar-refractivity contribution in [3.8, 4) is 0 Å². The molecule has 0 aromatic rings. The molecule has 1 aliphatic rings. The third-order valence-electron chi connectivity index (χ3n) is 3.51. The van der Waals surface area contributed by atoms with Gasteiger partial charge in [-0.25, -0.2) is 0 Å². The highest BCUT2D eigenvalue weighted by atomic mass is 32.1. The maximum atomic E-state index is 4.48. The Bertz CT molecular complexity index is 345. The normalized spacial score (nSPS) is 23.0. The zero-order valence-corrected chi connectivity index (χ0v) is 12.0. The Morgan fingerprint density at radius 2 is 2.06 bits per heavy atom. The molecule has 94 valence electrons. The van der Waals surface area contributed by atoms with Gasteiger partial charge in [0.05, 0.1) is 0 Å². The van der Waals surface area contributed by atoms with Gasteiger partial charge in [-0.1, -0.05) is 43.4 Å². The molecular formula is C16H24S. The topological polar surface area (TPSA) is 0 Å². The van der Waals surface area contributed by atoms with Gasteiger partial charge in [0.1, 0.15) is 0 Å². The lowest BCUT2D eigenvalue weighted by atomic mass is 9.97. The van der Waals surface area contributed by atoms with Crippen LogP contribution in [0, 0.1) is 5.92 Å². The summed E-state index contributed by atoms with van der Waals surface area (Å²) >= 11 is 4.48. The van der Waals surface area contributed by atoms with Crippen LogP contribution in [0.4, 0.5) is 0 Å². The minimum atomic E-state index is 0.846. The highest BCUT2D eigenvalue weighted by molar-refractivity contribution is 7.80. The van der Waals surface area contributed by atoms with Crippen molar-refractivity contribution in [1.29, 1.82) is 0 Å². The summed E-state index contributed by atoms with van der Waals surface area (Å²) in [5, 5.41) is 0. The van der Waals surface area contributed by atoms with Gasteiger partial charge in [-0.15, -0.1) is 0 Å². The fraction of sp³-hybridized carbons (Fsp3) is 0.500. The molecule has 0 spiro atoms. The monoisotopic (exact) mass is 248 g/mol. The van der Waals surface area contributed by atoms with Crippen molar-refractivity contribution in [1.82, 2.24) is 0 Å². The van der Waals surface area contributed by atoms with Gasteiger partial charge in [0.15, 0.2) is 0 Å². The molecule has 1 aliphatic carbocycles. The number of thiol groups is 1. The molecule has 0 N–H and O–H groups in total. The molecule has 0 aromatic carbocycles. The van der Waals surface area contributed by atoms with Crippen molar-refractivity contribution in [2.45, 2.75) is 39.5 Å². The third-order valence-corrected chi connectivity index (χ3v) is 3.89. The quantitative estimate of drug-likeness (QED) is 0.518. The molecule has 0 saturated heterocycles. The Morgan fingerprint density at radius 1 is 1.35 bits per heavy atom. The van der Waals surface area contributed by atoms with E-state index in [0.717, 1.165) is 11.7 Å². The van der Waals surface area contributed by atoms with Crippen molar-refractivity contribution in [2.24, 2.45) is 5.92 Å². The molecular weight excluding hydrogens is 224 g/mol. The van der Waals surface area contributed by atoms with Crippen molar-refractivity contribution < 1.29 is 0 Å². The van der Waals surface area contributed by atoms with Gasteiger partial charge in [-0.05, 0) is 49.7 Å². The maximum Gasteiger partial charge on any atom is 0.0118 e. The SMILES string of the molecule is C=C/C=C\C=C(/C)C1=C(CS)CCC(C)CC1. The van der Waals surface area contributed by atoms with E-state index in [1.165, 1.54) is 36.8 Å². The van der Waals surface area contributed by atoms with Crippen molar-refractivity contribution in [3.05, 3.63) is 47.6 Å². The Hall–Kier alpha value is -0.690. The first kappa shape index (κ1) is 14.4. The van der Waals surface area contributed by atoms with Crippen LogP contribution in [0.15, 0.2) is 47.6 Å². The summed E-state index contributed by atoms with van der Waals surface area (Å²) in [6.45, 7) is 8.25. The maximum absolute atomic E-state index is 4.48. The van der Waals surface area contributed by atoms with Crippen molar-refractivity contribution in [2.75, 3.05) is 5.75 Å². The van der Waals surface area contributed by atoms with E-state index in [1.54, 1.807) is 5.57 Å². The Morgan fingerprint density at radius 3 is 2.71 bits per heavy atom. The summed E-state index contributed by atoms with van der Waals surface area (Å²) in [4.78, 5) is 0. The summed E-state index contributed by atoms with van der Waals surface area (Å²) in [6, 6.07) is 0. The minimum absolute atomic E-state index is 0.846. The first-order valence-electron chi connectivity index (χ1n) is 6.47. The third kappa shape index (κ3) is 4.59. The van der Waals surface area contributed by atoms with Crippen LogP contribution in [0.5, 0.6) is 0 Å². The van der Waals surface area contributed by atoms with Gasteiger partial charge in [0.25, 0.3) is 0 Å². The lowest BCUT2D eigenvalue weighted by Crippen LogP contribution is -1.94. The summed E-state index contributed by atoms with van der Waals surface area (Å²) in [6.07, 6.45) is 13.1. The molecule has 0 amide bonds. The summed E-state index contributed by atoms with van der Waals surface area (Å²) in [7, 11) is 0. The van der Waals surface area contributed by atoms with Crippen LogP contribution in [0.2, 0.25) is 0 Å². The van der Waals surface area contributed by atoms with E-state index in [-0.39, 0.29) is 0 Å². The van der Waals surface area contributed by atoms with Crippen LogP contribution in [0.3, 0.4) is 0 Å². The molecule has 0 fully saturated rings.